The van der Waals surface area contributed by atoms with Gasteiger partial charge in [0.2, 0.25) is 12.3 Å². The number of imidazole rings is 1. The summed E-state index contributed by atoms with van der Waals surface area (Å²) in [7, 11) is 1.71. The second-order valence-corrected chi connectivity index (χ2v) is 9.02. The van der Waals surface area contributed by atoms with Crippen LogP contribution in [0.15, 0.2) is 42.5 Å². The van der Waals surface area contributed by atoms with Gasteiger partial charge in [0.25, 0.3) is 0 Å². The number of para-hydroxylation sites is 1. The van der Waals surface area contributed by atoms with Crippen molar-refractivity contribution in [3.05, 3.63) is 59.4 Å². The van der Waals surface area contributed by atoms with E-state index in [9.17, 15) is 9.59 Å². The normalized spacial score (nSPS) is 16.2. The number of hydrogen-bond donors (Lipinski definition) is 2. The monoisotopic (exact) mass is 436 g/mol. The standard InChI is InChI=1S/C20H20N4O2.C5H12O/c1-12-7-8-15-16(9-12)23-19(22-15)18-10-14-5-3-4-6-17(14)24(18)20(26)13(2)21-11-25;1-5(2,3)6-4/h3-9,11,13,18H,10H2,1-2H3,(H,21,25)(H,22,23);1-4H3. The number of ether oxygens (including phenoxy) is 1. The molecule has 32 heavy (non-hydrogen) atoms. The molecule has 0 radical (unpaired) electrons. The number of H-pyrrole nitrogens is 1. The van der Waals surface area contributed by atoms with E-state index in [-0.39, 0.29) is 17.6 Å². The SMILES string of the molecule is COC(C)(C)C.Cc1ccc2nc(C3Cc4ccccc4N3C(=O)C(C)NC=O)[nH]c2c1. The summed E-state index contributed by atoms with van der Waals surface area (Å²) in [6.45, 7) is 9.79. The molecule has 0 saturated heterocycles. The zero-order valence-electron chi connectivity index (χ0n) is 19.6. The molecule has 1 aromatic heterocycles. The van der Waals surface area contributed by atoms with Gasteiger partial charge in [0, 0.05) is 19.2 Å². The van der Waals surface area contributed by atoms with E-state index in [4.69, 9.17) is 9.72 Å². The maximum atomic E-state index is 13.0. The van der Waals surface area contributed by atoms with Crippen molar-refractivity contribution in [1.29, 1.82) is 0 Å². The lowest BCUT2D eigenvalue weighted by atomic mass is 10.1. The molecule has 0 spiro atoms. The minimum absolute atomic E-state index is 0.0417. The van der Waals surface area contributed by atoms with Crippen molar-refractivity contribution < 1.29 is 14.3 Å². The van der Waals surface area contributed by atoms with Crippen LogP contribution in [0.1, 0.15) is 50.7 Å². The molecule has 2 aromatic carbocycles. The Kier molecular flexibility index (Phi) is 6.99. The first kappa shape index (κ1) is 23.5. The molecular weight excluding hydrogens is 404 g/mol. The van der Waals surface area contributed by atoms with Gasteiger partial charge < -0.3 is 15.0 Å². The number of hydrogen-bond acceptors (Lipinski definition) is 4. The Hall–Kier alpha value is -3.19. The molecule has 1 aliphatic rings. The molecule has 3 aromatic rings. The average Bonchev–Trinajstić information content (AvgIpc) is 3.34. The summed E-state index contributed by atoms with van der Waals surface area (Å²) in [6.07, 6.45) is 1.25. The van der Waals surface area contributed by atoms with Crippen molar-refractivity contribution in [3.63, 3.8) is 0 Å². The molecule has 7 nitrogen and oxygen atoms in total. The van der Waals surface area contributed by atoms with Crippen LogP contribution >= 0.6 is 0 Å². The summed E-state index contributed by atoms with van der Waals surface area (Å²) >= 11 is 0. The number of aryl methyl sites for hydroxylation is 1. The first-order chi connectivity index (χ1) is 15.1. The highest BCUT2D eigenvalue weighted by Crippen LogP contribution is 2.40. The lowest BCUT2D eigenvalue weighted by Gasteiger charge is -2.27. The summed E-state index contributed by atoms with van der Waals surface area (Å²) < 4.78 is 4.94. The van der Waals surface area contributed by atoms with Crippen LogP contribution in [-0.2, 0) is 20.7 Å². The number of aromatic amines is 1. The third kappa shape index (κ3) is 5.16. The highest BCUT2D eigenvalue weighted by atomic mass is 16.5. The highest BCUT2D eigenvalue weighted by Gasteiger charge is 2.38. The molecule has 4 rings (SSSR count). The molecule has 0 aliphatic carbocycles. The van der Waals surface area contributed by atoms with Gasteiger partial charge in [0.1, 0.15) is 11.9 Å². The molecule has 2 amide bonds. The van der Waals surface area contributed by atoms with Gasteiger partial charge in [-0.15, -0.1) is 0 Å². The number of anilines is 1. The Morgan fingerprint density at radius 3 is 2.62 bits per heavy atom. The molecule has 0 saturated carbocycles. The first-order valence-corrected chi connectivity index (χ1v) is 10.8. The molecule has 1 aliphatic heterocycles. The number of nitrogens with one attached hydrogen (secondary N) is 2. The van der Waals surface area contributed by atoms with Crippen molar-refractivity contribution in [2.45, 2.75) is 58.7 Å². The van der Waals surface area contributed by atoms with E-state index in [0.717, 1.165) is 33.7 Å². The van der Waals surface area contributed by atoms with Crippen LogP contribution in [0.3, 0.4) is 0 Å². The largest absolute Gasteiger partial charge is 0.379 e. The third-order valence-electron chi connectivity index (χ3n) is 5.49. The van der Waals surface area contributed by atoms with Gasteiger partial charge in [-0.1, -0.05) is 24.3 Å². The highest BCUT2D eigenvalue weighted by molar-refractivity contribution is 6.00. The van der Waals surface area contributed by atoms with Gasteiger partial charge in [0.15, 0.2) is 0 Å². The minimum atomic E-state index is -0.604. The average molecular weight is 437 g/mol. The summed E-state index contributed by atoms with van der Waals surface area (Å²) in [6, 6.07) is 13.1. The van der Waals surface area contributed by atoms with Gasteiger partial charge in [-0.2, -0.15) is 0 Å². The summed E-state index contributed by atoms with van der Waals surface area (Å²) in [5.41, 5.74) is 5.01. The summed E-state index contributed by atoms with van der Waals surface area (Å²) in [5, 5.41) is 2.56. The van der Waals surface area contributed by atoms with E-state index in [1.54, 1.807) is 18.9 Å². The number of aromatic nitrogens is 2. The van der Waals surface area contributed by atoms with E-state index in [2.05, 4.69) is 16.4 Å². The molecule has 2 N–H and O–H groups in total. The molecule has 0 fully saturated rings. The van der Waals surface area contributed by atoms with Crippen molar-refractivity contribution in [2.75, 3.05) is 12.0 Å². The lowest BCUT2D eigenvalue weighted by molar-refractivity contribution is -0.123. The molecule has 2 heterocycles. The quantitative estimate of drug-likeness (QED) is 0.604. The molecule has 2 atom stereocenters. The van der Waals surface area contributed by atoms with E-state index >= 15 is 0 Å². The van der Waals surface area contributed by atoms with Crippen molar-refractivity contribution >= 4 is 29.0 Å². The van der Waals surface area contributed by atoms with Crippen LogP contribution < -0.4 is 10.2 Å². The van der Waals surface area contributed by atoms with Gasteiger partial charge >= 0.3 is 0 Å². The smallest absolute Gasteiger partial charge is 0.249 e. The van der Waals surface area contributed by atoms with Crippen LogP contribution in [0, 0.1) is 6.92 Å². The van der Waals surface area contributed by atoms with E-state index in [1.165, 1.54) is 0 Å². The molecule has 7 heteroatoms. The Morgan fingerprint density at radius 1 is 1.28 bits per heavy atom. The van der Waals surface area contributed by atoms with Crippen LogP contribution in [0.2, 0.25) is 0 Å². The number of carbonyl (C=O) groups excluding carboxylic acids is 2. The van der Waals surface area contributed by atoms with Crippen LogP contribution in [-0.4, -0.2) is 41.0 Å². The Labute approximate surface area is 189 Å². The molecule has 0 bridgehead atoms. The molecule has 2 unspecified atom stereocenters. The fraction of sp³-hybridized carbons (Fsp3) is 0.400. The first-order valence-electron chi connectivity index (χ1n) is 10.8. The maximum Gasteiger partial charge on any atom is 0.249 e. The topological polar surface area (TPSA) is 87.3 Å². The molecule has 170 valence electrons. The number of fused-ring (bicyclic) bond motifs is 2. The van der Waals surface area contributed by atoms with E-state index < -0.39 is 6.04 Å². The van der Waals surface area contributed by atoms with Crippen LogP contribution in [0.5, 0.6) is 0 Å². The zero-order chi connectivity index (χ0) is 23.5. The van der Waals surface area contributed by atoms with Crippen LogP contribution in [0.4, 0.5) is 5.69 Å². The second kappa shape index (κ2) is 9.53. The number of amides is 2. The fourth-order valence-electron chi connectivity index (χ4n) is 3.56. The number of carbonyl (C=O) groups is 2. The summed E-state index contributed by atoms with van der Waals surface area (Å²) in [5.74, 6) is 0.608. The Morgan fingerprint density at radius 2 is 1.97 bits per heavy atom. The van der Waals surface area contributed by atoms with Crippen molar-refractivity contribution in [1.82, 2.24) is 15.3 Å². The Bertz CT molecular complexity index is 1100. The van der Waals surface area contributed by atoms with E-state index in [1.807, 2.05) is 64.1 Å². The molecular formula is C25H32N4O3. The van der Waals surface area contributed by atoms with Crippen LogP contribution in [0.25, 0.3) is 11.0 Å². The number of rotatable bonds is 4. The van der Waals surface area contributed by atoms with Gasteiger partial charge in [0.05, 0.1) is 22.7 Å². The maximum absolute atomic E-state index is 13.0. The van der Waals surface area contributed by atoms with Gasteiger partial charge in [-0.05, 0) is 63.9 Å². The Balaban J connectivity index is 0.000000427. The number of methoxy groups -OCH3 is 1. The number of nitrogens with zero attached hydrogens (tertiary/aromatic N) is 2. The lowest BCUT2D eigenvalue weighted by Crippen LogP contribution is -2.45. The van der Waals surface area contributed by atoms with E-state index in [0.29, 0.717) is 12.8 Å². The predicted octanol–water partition coefficient (Wildman–Crippen LogP) is 4.07. The minimum Gasteiger partial charge on any atom is -0.379 e. The van der Waals surface area contributed by atoms with Crippen molar-refractivity contribution in [3.8, 4) is 0 Å². The predicted molar refractivity (Wildman–Crippen MR) is 127 cm³/mol. The summed E-state index contributed by atoms with van der Waals surface area (Å²) in [4.78, 5) is 33.6. The number of benzene rings is 2. The fourth-order valence-corrected chi connectivity index (χ4v) is 3.56. The third-order valence-corrected chi connectivity index (χ3v) is 5.49. The van der Waals surface area contributed by atoms with Gasteiger partial charge in [-0.25, -0.2) is 4.98 Å². The van der Waals surface area contributed by atoms with Gasteiger partial charge in [-0.3, -0.25) is 14.5 Å². The second-order valence-electron chi connectivity index (χ2n) is 9.02. The van der Waals surface area contributed by atoms with Crippen molar-refractivity contribution in [2.24, 2.45) is 0 Å². The zero-order valence-corrected chi connectivity index (χ0v) is 19.6.